The molecule has 2 aromatic carbocycles. The zero-order valence-corrected chi connectivity index (χ0v) is 16.7. The van der Waals surface area contributed by atoms with Crippen LogP contribution in [0.1, 0.15) is 25.0 Å². The standard InChI is InChI=1S/C21H25N3O5/c1-3-28-19-11-15-9-10-23(13-16(15)12-20(19)29-4-2)14-21(25)22-17-7-5-6-8-18(17)24(26)27/h5-8,11-12H,3-4,9-10,13-14H2,1-2H3,(H,22,25)/p+1. The van der Waals surface area contributed by atoms with Gasteiger partial charge in [0.25, 0.3) is 11.6 Å². The van der Waals surface area contributed by atoms with Crippen LogP contribution in [-0.4, -0.2) is 37.1 Å². The molecule has 0 saturated heterocycles. The van der Waals surface area contributed by atoms with Gasteiger partial charge in [-0.05, 0) is 37.6 Å². The Balaban J connectivity index is 1.68. The van der Waals surface area contributed by atoms with Gasteiger partial charge in [-0.25, -0.2) is 0 Å². The number of carbonyl (C=O) groups excluding carboxylic acids is 1. The summed E-state index contributed by atoms with van der Waals surface area (Å²) < 4.78 is 11.4. The number of nitrogens with one attached hydrogen (secondary N) is 2. The number of benzene rings is 2. The number of para-hydroxylation sites is 2. The predicted molar refractivity (Wildman–Crippen MR) is 109 cm³/mol. The zero-order valence-electron chi connectivity index (χ0n) is 16.7. The third-order valence-corrected chi connectivity index (χ3v) is 4.84. The maximum atomic E-state index is 12.5. The van der Waals surface area contributed by atoms with Crippen molar-refractivity contribution in [3.05, 3.63) is 57.6 Å². The number of carbonyl (C=O) groups is 1. The summed E-state index contributed by atoms with van der Waals surface area (Å²) in [4.78, 5) is 24.2. The molecule has 0 spiro atoms. The lowest BCUT2D eigenvalue weighted by atomic mass is 9.98. The molecule has 1 atom stereocenters. The second-order valence-corrected chi connectivity index (χ2v) is 6.86. The smallest absolute Gasteiger partial charge is 0.292 e. The van der Waals surface area contributed by atoms with Crippen LogP contribution in [-0.2, 0) is 17.8 Å². The minimum Gasteiger partial charge on any atom is -0.490 e. The third kappa shape index (κ3) is 5.03. The summed E-state index contributed by atoms with van der Waals surface area (Å²) in [6, 6.07) is 10.2. The highest BCUT2D eigenvalue weighted by molar-refractivity contribution is 5.93. The van der Waals surface area contributed by atoms with Crippen molar-refractivity contribution in [3.63, 3.8) is 0 Å². The zero-order chi connectivity index (χ0) is 20.8. The summed E-state index contributed by atoms with van der Waals surface area (Å²) in [5.41, 5.74) is 2.46. The van der Waals surface area contributed by atoms with E-state index in [1.807, 2.05) is 26.0 Å². The van der Waals surface area contributed by atoms with Crippen LogP contribution in [0.25, 0.3) is 0 Å². The molecule has 0 bridgehead atoms. The van der Waals surface area contributed by atoms with Crippen LogP contribution >= 0.6 is 0 Å². The van der Waals surface area contributed by atoms with E-state index in [2.05, 4.69) is 5.32 Å². The molecule has 1 amide bonds. The Bertz CT molecular complexity index is 900. The van der Waals surface area contributed by atoms with Gasteiger partial charge < -0.3 is 19.7 Å². The number of rotatable bonds is 8. The number of nitro groups is 1. The average Bonchev–Trinajstić information content (AvgIpc) is 2.69. The first kappa shape index (κ1) is 20.6. The molecule has 0 aromatic heterocycles. The first-order valence-electron chi connectivity index (χ1n) is 9.80. The molecule has 1 aliphatic heterocycles. The fourth-order valence-electron chi connectivity index (χ4n) is 3.56. The molecule has 1 unspecified atom stereocenters. The Morgan fingerprint density at radius 2 is 1.79 bits per heavy atom. The molecule has 29 heavy (non-hydrogen) atoms. The number of quaternary nitrogens is 1. The van der Waals surface area contributed by atoms with Gasteiger partial charge in [-0.2, -0.15) is 0 Å². The van der Waals surface area contributed by atoms with Crippen LogP contribution in [0.5, 0.6) is 11.5 Å². The maximum absolute atomic E-state index is 12.5. The number of fused-ring (bicyclic) bond motifs is 1. The van der Waals surface area contributed by atoms with Gasteiger partial charge in [-0.1, -0.05) is 12.1 Å². The molecule has 8 heteroatoms. The molecule has 0 radical (unpaired) electrons. The molecule has 0 aliphatic carbocycles. The number of hydrogen-bond acceptors (Lipinski definition) is 5. The largest absolute Gasteiger partial charge is 0.490 e. The van der Waals surface area contributed by atoms with Gasteiger partial charge in [0.05, 0.1) is 24.7 Å². The van der Waals surface area contributed by atoms with Crippen LogP contribution in [0.3, 0.4) is 0 Å². The number of amides is 1. The highest BCUT2D eigenvalue weighted by Crippen LogP contribution is 2.32. The molecule has 3 rings (SSSR count). The third-order valence-electron chi connectivity index (χ3n) is 4.84. The Morgan fingerprint density at radius 1 is 1.14 bits per heavy atom. The average molecular weight is 400 g/mol. The first-order chi connectivity index (χ1) is 14.0. The van der Waals surface area contributed by atoms with E-state index < -0.39 is 4.92 Å². The second-order valence-electron chi connectivity index (χ2n) is 6.86. The quantitative estimate of drug-likeness (QED) is 0.522. The highest BCUT2D eigenvalue weighted by atomic mass is 16.6. The van der Waals surface area contributed by atoms with Crippen LogP contribution < -0.4 is 19.7 Å². The molecular weight excluding hydrogens is 374 g/mol. The minimum absolute atomic E-state index is 0.107. The predicted octanol–water partition coefficient (Wildman–Crippen LogP) is 1.97. The van der Waals surface area contributed by atoms with Gasteiger partial charge in [0.15, 0.2) is 18.0 Å². The Morgan fingerprint density at radius 3 is 2.45 bits per heavy atom. The fraction of sp³-hybridized carbons (Fsp3) is 0.381. The first-order valence-corrected chi connectivity index (χ1v) is 9.80. The Hall–Kier alpha value is -3.13. The maximum Gasteiger partial charge on any atom is 0.292 e. The summed E-state index contributed by atoms with van der Waals surface area (Å²) in [6.45, 7) is 6.72. The summed E-state index contributed by atoms with van der Waals surface area (Å²) in [6.07, 6.45) is 0.829. The lowest BCUT2D eigenvalue weighted by Crippen LogP contribution is -3.12. The molecule has 0 fully saturated rings. The van der Waals surface area contributed by atoms with Crippen molar-refractivity contribution in [2.24, 2.45) is 0 Å². The van der Waals surface area contributed by atoms with Crippen molar-refractivity contribution in [2.45, 2.75) is 26.8 Å². The van der Waals surface area contributed by atoms with Crippen LogP contribution in [0.15, 0.2) is 36.4 Å². The van der Waals surface area contributed by atoms with Gasteiger partial charge in [0, 0.05) is 18.1 Å². The SMILES string of the molecule is CCOc1cc2c(cc1OCC)C[NH+](CC(=O)Nc1ccccc1[N+](=O)[O-])CC2. The topological polar surface area (TPSA) is 95.1 Å². The molecule has 2 aromatic rings. The lowest BCUT2D eigenvalue weighted by Gasteiger charge is -2.26. The van der Waals surface area contributed by atoms with E-state index in [9.17, 15) is 14.9 Å². The number of nitro benzene ring substituents is 1. The molecule has 1 heterocycles. The van der Waals surface area contributed by atoms with Crippen LogP contribution in [0.4, 0.5) is 11.4 Å². The monoisotopic (exact) mass is 400 g/mol. The summed E-state index contributed by atoms with van der Waals surface area (Å²) in [5, 5.41) is 13.8. The number of anilines is 1. The van der Waals surface area contributed by atoms with Gasteiger partial charge in [0.2, 0.25) is 0 Å². The number of ether oxygens (including phenoxy) is 2. The van der Waals surface area contributed by atoms with Gasteiger partial charge in [0.1, 0.15) is 12.2 Å². The molecule has 2 N–H and O–H groups in total. The molecule has 8 nitrogen and oxygen atoms in total. The summed E-state index contributed by atoms with van der Waals surface area (Å²) in [5.74, 6) is 1.23. The highest BCUT2D eigenvalue weighted by Gasteiger charge is 2.25. The van der Waals surface area contributed by atoms with E-state index in [0.29, 0.717) is 19.8 Å². The number of nitrogens with zero attached hydrogens (tertiary/aromatic N) is 1. The summed E-state index contributed by atoms with van der Waals surface area (Å²) >= 11 is 0. The second kappa shape index (κ2) is 9.38. The lowest BCUT2D eigenvalue weighted by molar-refractivity contribution is -0.907. The van der Waals surface area contributed by atoms with Crippen molar-refractivity contribution in [2.75, 3.05) is 31.6 Å². The van der Waals surface area contributed by atoms with E-state index in [1.165, 1.54) is 11.6 Å². The van der Waals surface area contributed by atoms with Gasteiger partial charge >= 0.3 is 0 Å². The van der Waals surface area contributed by atoms with Crippen molar-refractivity contribution >= 4 is 17.3 Å². The van der Waals surface area contributed by atoms with Crippen molar-refractivity contribution < 1.29 is 24.1 Å². The Labute approximate surface area is 169 Å². The van der Waals surface area contributed by atoms with Crippen molar-refractivity contribution in [3.8, 4) is 11.5 Å². The van der Waals surface area contributed by atoms with E-state index in [4.69, 9.17) is 9.47 Å². The molecular formula is C21H26N3O5+. The van der Waals surface area contributed by atoms with E-state index >= 15 is 0 Å². The van der Waals surface area contributed by atoms with Crippen LogP contribution in [0.2, 0.25) is 0 Å². The van der Waals surface area contributed by atoms with Gasteiger partial charge in [-0.15, -0.1) is 0 Å². The fourth-order valence-corrected chi connectivity index (χ4v) is 3.56. The van der Waals surface area contributed by atoms with Gasteiger partial charge in [-0.3, -0.25) is 14.9 Å². The summed E-state index contributed by atoms with van der Waals surface area (Å²) in [7, 11) is 0. The van der Waals surface area contributed by atoms with Crippen LogP contribution in [0, 0.1) is 10.1 Å². The Kier molecular flexibility index (Phi) is 6.66. The van der Waals surface area contributed by atoms with Crippen molar-refractivity contribution in [1.82, 2.24) is 0 Å². The normalized spacial score (nSPS) is 15.3. The molecule has 1 aliphatic rings. The number of hydrogen-bond donors (Lipinski definition) is 2. The van der Waals surface area contributed by atoms with Crippen molar-refractivity contribution in [1.29, 1.82) is 0 Å². The van der Waals surface area contributed by atoms with E-state index in [0.717, 1.165) is 34.9 Å². The van der Waals surface area contributed by atoms with E-state index in [-0.39, 0.29) is 23.8 Å². The van der Waals surface area contributed by atoms with E-state index in [1.54, 1.807) is 18.2 Å². The molecule has 154 valence electrons. The molecule has 0 saturated carbocycles. The minimum atomic E-state index is -0.495.